The maximum atomic E-state index is 13.6. The van der Waals surface area contributed by atoms with Crippen molar-refractivity contribution in [2.24, 2.45) is 5.14 Å². The van der Waals surface area contributed by atoms with Gasteiger partial charge in [-0.1, -0.05) is 6.07 Å². The van der Waals surface area contributed by atoms with E-state index < -0.39 is 45.9 Å². The van der Waals surface area contributed by atoms with E-state index in [1.165, 1.54) is 30.5 Å². The Bertz CT molecular complexity index is 1700. The first-order valence-corrected chi connectivity index (χ1v) is 13.9. The second-order valence-corrected chi connectivity index (χ2v) is 11.4. The molecule has 2 aromatic heterocycles. The lowest BCUT2D eigenvalue weighted by Crippen LogP contribution is -2.50. The van der Waals surface area contributed by atoms with Crippen molar-refractivity contribution in [1.82, 2.24) is 25.4 Å². The fourth-order valence-corrected chi connectivity index (χ4v) is 5.46. The Kier molecular flexibility index (Phi) is 6.95. The molecule has 41 heavy (non-hydrogen) atoms. The molecule has 2 amide bonds. The van der Waals surface area contributed by atoms with Gasteiger partial charge in [0.05, 0.1) is 28.1 Å². The summed E-state index contributed by atoms with van der Waals surface area (Å²) in [6, 6.07) is 9.37. The van der Waals surface area contributed by atoms with E-state index in [1.807, 2.05) is 6.07 Å². The van der Waals surface area contributed by atoms with Crippen LogP contribution in [0.1, 0.15) is 49.7 Å². The number of carbonyl (C=O) groups excluding carboxylic acids is 2. The summed E-state index contributed by atoms with van der Waals surface area (Å²) in [7, 11) is -3.87. The predicted molar refractivity (Wildman–Crippen MR) is 136 cm³/mol. The highest BCUT2D eigenvalue weighted by molar-refractivity contribution is 7.89. The Morgan fingerprint density at radius 1 is 1.29 bits per heavy atom. The van der Waals surface area contributed by atoms with E-state index in [1.54, 1.807) is 6.07 Å². The van der Waals surface area contributed by atoms with Crippen LogP contribution in [0.3, 0.4) is 0 Å². The summed E-state index contributed by atoms with van der Waals surface area (Å²) in [5.41, 5.74) is 0.773. The molecule has 2 aliphatic rings. The van der Waals surface area contributed by atoms with Gasteiger partial charge in [0.1, 0.15) is 17.5 Å². The van der Waals surface area contributed by atoms with Gasteiger partial charge in [0, 0.05) is 19.2 Å². The molecular weight excluding hydrogens is 567 g/mol. The number of nitrogens with two attached hydrogens (primary N) is 1. The summed E-state index contributed by atoms with van der Waals surface area (Å²) in [4.78, 5) is 31.0. The zero-order chi connectivity index (χ0) is 29.6. The Balaban J connectivity index is 1.51. The minimum absolute atomic E-state index is 0.0338. The molecule has 1 aliphatic heterocycles. The van der Waals surface area contributed by atoms with Crippen LogP contribution in [0.2, 0.25) is 0 Å². The fraction of sp³-hybridized carbons (Fsp3) is 0.320. The quantitative estimate of drug-likeness (QED) is 0.368. The van der Waals surface area contributed by atoms with Crippen molar-refractivity contribution < 1.29 is 35.9 Å². The van der Waals surface area contributed by atoms with E-state index in [0.29, 0.717) is 24.0 Å². The molecule has 12 nitrogen and oxygen atoms in total. The molecule has 4 N–H and O–H groups in total. The van der Waals surface area contributed by atoms with Crippen LogP contribution in [-0.4, -0.2) is 60.1 Å². The van der Waals surface area contributed by atoms with Gasteiger partial charge in [0.15, 0.2) is 12.4 Å². The number of hydrogen-bond acceptors (Lipinski definition) is 8. The number of hydrogen-bond donors (Lipinski definition) is 3. The molecule has 0 radical (unpaired) electrons. The molecular formula is C25H22F3N7O5S. The van der Waals surface area contributed by atoms with Crippen molar-refractivity contribution in [3.63, 3.8) is 0 Å². The van der Waals surface area contributed by atoms with Crippen LogP contribution < -0.4 is 20.5 Å². The number of ether oxygens (including phenoxy) is 1. The predicted octanol–water partition coefficient (Wildman–Crippen LogP) is 1.23. The number of nitrogens with one attached hydrogen (secondary N) is 2. The number of aromatic nitrogens is 3. The minimum atomic E-state index is -4.49. The second-order valence-electron chi connectivity index (χ2n) is 9.66. The third-order valence-corrected chi connectivity index (χ3v) is 7.58. The van der Waals surface area contributed by atoms with Crippen molar-refractivity contribution in [2.75, 3.05) is 18.9 Å². The van der Waals surface area contributed by atoms with Gasteiger partial charge >= 0.3 is 6.18 Å². The first kappa shape index (κ1) is 28.1. The molecule has 1 aliphatic carbocycles. The number of sulfonamides is 1. The van der Waals surface area contributed by atoms with Crippen LogP contribution in [0.5, 0.6) is 5.75 Å². The van der Waals surface area contributed by atoms with E-state index in [0.717, 1.165) is 4.68 Å². The highest BCUT2D eigenvalue weighted by Gasteiger charge is 2.47. The van der Waals surface area contributed by atoms with Crippen molar-refractivity contribution >= 4 is 21.8 Å². The summed E-state index contributed by atoms with van der Waals surface area (Å²) in [6.45, 7) is -1.75. The van der Waals surface area contributed by atoms with Crippen molar-refractivity contribution in [1.29, 1.82) is 5.26 Å². The van der Waals surface area contributed by atoms with E-state index >= 15 is 0 Å². The molecule has 3 heterocycles. The van der Waals surface area contributed by atoms with Crippen molar-refractivity contribution in [2.45, 2.75) is 31.0 Å². The van der Waals surface area contributed by atoms with Gasteiger partial charge in [0.2, 0.25) is 10.0 Å². The Hall–Kier alpha value is -4.49. The number of alkyl halides is 3. The molecule has 0 fully saturated rings. The number of fused-ring (bicyclic) bond motifs is 3. The summed E-state index contributed by atoms with van der Waals surface area (Å²) >= 11 is 0. The van der Waals surface area contributed by atoms with Gasteiger partial charge in [-0.05, 0) is 48.2 Å². The molecule has 0 unspecified atom stereocenters. The Morgan fingerprint density at radius 3 is 2.73 bits per heavy atom. The number of rotatable bonds is 7. The monoisotopic (exact) mass is 589 g/mol. The van der Waals surface area contributed by atoms with Gasteiger partial charge in [-0.2, -0.15) is 23.5 Å². The molecule has 1 aromatic carbocycles. The summed E-state index contributed by atoms with van der Waals surface area (Å²) in [6.07, 6.45) is -2.18. The van der Waals surface area contributed by atoms with Crippen LogP contribution in [0.15, 0.2) is 36.5 Å². The third kappa shape index (κ3) is 5.72. The van der Waals surface area contributed by atoms with Gasteiger partial charge in [0.25, 0.3) is 11.8 Å². The van der Waals surface area contributed by atoms with Gasteiger partial charge in [-0.15, -0.1) is 0 Å². The lowest BCUT2D eigenvalue weighted by molar-refractivity contribution is -0.153. The topological polar surface area (TPSA) is 182 Å². The van der Waals surface area contributed by atoms with Crippen LogP contribution in [0.25, 0.3) is 5.82 Å². The maximum absolute atomic E-state index is 13.6. The number of nitriles is 1. The molecule has 1 spiro atoms. The first-order chi connectivity index (χ1) is 19.3. The largest absolute Gasteiger partial charge is 0.484 e. The molecule has 214 valence electrons. The van der Waals surface area contributed by atoms with Crippen molar-refractivity contribution in [3.05, 3.63) is 70.2 Å². The first-order valence-electron chi connectivity index (χ1n) is 12.2. The smallest absolute Gasteiger partial charge is 0.422 e. The zero-order valence-corrected chi connectivity index (χ0v) is 22.0. The third-order valence-electron chi connectivity index (χ3n) is 6.80. The maximum Gasteiger partial charge on any atom is 0.422 e. The molecule has 5 rings (SSSR count). The number of nitrogens with zero attached hydrogens (tertiary/aromatic N) is 4. The van der Waals surface area contributed by atoms with Gasteiger partial charge in [-0.25, -0.2) is 23.2 Å². The van der Waals surface area contributed by atoms with Crippen LogP contribution in [0, 0.1) is 11.3 Å². The average Bonchev–Trinajstić information content (AvgIpc) is 3.45. The van der Waals surface area contributed by atoms with Gasteiger partial charge in [-0.3, -0.25) is 9.59 Å². The summed E-state index contributed by atoms with van der Waals surface area (Å²) in [5, 5.41) is 24.1. The molecule has 0 saturated heterocycles. The van der Waals surface area contributed by atoms with E-state index in [-0.39, 0.29) is 47.0 Å². The number of halogens is 3. The standard InChI is InChI=1S/C25H22F3N7O5S/c26-25(27,28)13-40-16-2-3-17-15(9-16)5-6-24(17)10-18-20(22(36)33-24)21(23(37)31-7-8-41(30,38)39)35(34-18)19-4-1-14(11-29)12-32-19/h1-4,9,12H,5-8,10,13H2,(H,31,37)(H,33,36)(H2,30,38,39)/t24-/m1/s1. The lowest BCUT2D eigenvalue weighted by atomic mass is 9.82. The molecule has 16 heteroatoms. The number of aryl methyl sites for hydroxylation is 1. The molecule has 0 saturated carbocycles. The number of benzene rings is 1. The van der Waals surface area contributed by atoms with Crippen LogP contribution >= 0.6 is 0 Å². The Labute approximate surface area is 231 Å². The normalized spacial score (nSPS) is 17.9. The lowest BCUT2D eigenvalue weighted by Gasteiger charge is -2.35. The highest BCUT2D eigenvalue weighted by atomic mass is 32.2. The zero-order valence-electron chi connectivity index (χ0n) is 21.2. The number of amides is 2. The SMILES string of the molecule is N#Cc1ccc(-n2nc3c(c2C(=O)NCCS(N)(=O)=O)C(=O)N[C@]2(CCc4cc(OCC(F)(F)F)ccc42)C3)nc1. The second kappa shape index (κ2) is 10.2. The molecule has 0 bridgehead atoms. The molecule has 3 aromatic rings. The minimum Gasteiger partial charge on any atom is -0.484 e. The van der Waals surface area contributed by atoms with E-state index in [9.17, 15) is 31.2 Å². The van der Waals surface area contributed by atoms with Crippen LogP contribution in [-0.2, 0) is 28.4 Å². The van der Waals surface area contributed by atoms with Crippen molar-refractivity contribution in [3.8, 4) is 17.6 Å². The van der Waals surface area contributed by atoms with E-state index in [4.69, 9.17) is 15.1 Å². The average molecular weight is 590 g/mol. The summed E-state index contributed by atoms with van der Waals surface area (Å²) in [5.74, 6) is -1.76. The highest BCUT2D eigenvalue weighted by Crippen LogP contribution is 2.44. The number of carbonyl (C=O) groups is 2. The fourth-order valence-electron chi connectivity index (χ4n) is 5.07. The Morgan fingerprint density at radius 2 is 2.07 bits per heavy atom. The number of primary sulfonamides is 1. The number of pyridine rings is 1. The van der Waals surface area contributed by atoms with E-state index in [2.05, 4.69) is 20.7 Å². The van der Waals surface area contributed by atoms with Gasteiger partial charge < -0.3 is 15.4 Å². The van der Waals surface area contributed by atoms with Crippen LogP contribution in [0.4, 0.5) is 13.2 Å². The summed E-state index contributed by atoms with van der Waals surface area (Å²) < 4.78 is 66.5. The molecule has 1 atom stereocenters.